The van der Waals surface area contributed by atoms with Gasteiger partial charge < -0.3 is 20.5 Å². The Balaban J connectivity index is 1.57. The van der Waals surface area contributed by atoms with Gasteiger partial charge in [-0.3, -0.25) is 9.59 Å². The Morgan fingerprint density at radius 3 is 2.75 bits per heavy atom. The van der Waals surface area contributed by atoms with Crippen LogP contribution in [-0.2, 0) is 21.7 Å². The molecule has 0 radical (unpaired) electrons. The zero-order chi connectivity index (χ0) is 17.0. The Hall–Kier alpha value is -2.38. The van der Waals surface area contributed by atoms with Crippen LogP contribution in [0, 0.1) is 0 Å². The number of thiophene rings is 1. The lowest BCUT2D eigenvalue weighted by Crippen LogP contribution is -2.47. The van der Waals surface area contributed by atoms with Crippen molar-refractivity contribution < 1.29 is 19.4 Å². The Bertz CT molecular complexity index is 732. The first-order valence-corrected chi connectivity index (χ1v) is 8.49. The maximum absolute atomic E-state index is 11.9. The topological polar surface area (TPSA) is 87.7 Å². The quantitative estimate of drug-likeness (QED) is 0.725. The number of hydrogen-bond donors (Lipinski definition) is 3. The fraction of sp³-hybridized carbons (Fsp3) is 0.294. The lowest BCUT2D eigenvalue weighted by molar-refractivity contribution is -0.140. The molecule has 3 rings (SSSR count). The normalized spacial score (nSPS) is 19.0. The van der Waals surface area contributed by atoms with E-state index in [-0.39, 0.29) is 6.54 Å². The summed E-state index contributed by atoms with van der Waals surface area (Å²) in [5.41, 5.74) is -0.617. The smallest absolute Gasteiger partial charge is 0.309 e. The minimum absolute atomic E-state index is 0.0430. The van der Waals surface area contributed by atoms with Crippen molar-refractivity contribution in [2.45, 2.75) is 18.6 Å². The van der Waals surface area contributed by atoms with Crippen molar-refractivity contribution in [1.29, 1.82) is 0 Å². The van der Waals surface area contributed by atoms with Gasteiger partial charge in [-0.25, -0.2) is 0 Å². The zero-order valence-electron chi connectivity index (χ0n) is 13.0. The molecule has 1 aliphatic heterocycles. The summed E-state index contributed by atoms with van der Waals surface area (Å²) in [7, 11) is 0. The van der Waals surface area contributed by atoms with Crippen molar-refractivity contribution >= 4 is 23.2 Å². The molecule has 1 atom stereocenters. The monoisotopic (exact) mass is 346 g/mol. The van der Waals surface area contributed by atoms with Crippen LogP contribution in [0.2, 0.25) is 0 Å². The minimum atomic E-state index is -1.24. The van der Waals surface area contributed by atoms with Crippen LogP contribution >= 0.6 is 11.3 Å². The third-order valence-corrected chi connectivity index (χ3v) is 4.79. The van der Waals surface area contributed by atoms with Gasteiger partial charge in [0.2, 0.25) is 0 Å². The molecule has 126 valence electrons. The second kappa shape index (κ2) is 7.02. The van der Waals surface area contributed by atoms with Crippen LogP contribution in [0.1, 0.15) is 16.9 Å². The number of carbonyl (C=O) groups is 2. The highest BCUT2D eigenvalue weighted by Gasteiger charge is 2.36. The van der Waals surface area contributed by atoms with E-state index in [1.807, 2.05) is 23.6 Å². The Morgan fingerprint density at radius 1 is 1.17 bits per heavy atom. The van der Waals surface area contributed by atoms with E-state index in [9.17, 15) is 14.7 Å². The summed E-state index contributed by atoms with van der Waals surface area (Å²) in [6.45, 7) is 0.622. The number of benzene rings is 1. The number of para-hydroxylation sites is 1. The predicted octanol–water partition coefficient (Wildman–Crippen LogP) is 1.15. The van der Waals surface area contributed by atoms with Gasteiger partial charge >= 0.3 is 11.8 Å². The highest BCUT2D eigenvalue weighted by atomic mass is 32.1. The molecule has 0 spiro atoms. The van der Waals surface area contributed by atoms with Crippen molar-refractivity contribution in [3.63, 3.8) is 0 Å². The zero-order valence-corrected chi connectivity index (χ0v) is 13.8. The number of ether oxygens (including phenoxy) is 1. The number of carbonyl (C=O) groups excluding carboxylic acids is 2. The van der Waals surface area contributed by atoms with Crippen LogP contribution in [-0.4, -0.2) is 30.1 Å². The first-order chi connectivity index (χ1) is 11.6. The molecule has 7 heteroatoms. The summed E-state index contributed by atoms with van der Waals surface area (Å²) in [4.78, 5) is 24.7. The molecule has 2 aromatic rings. The Kier molecular flexibility index (Phi) is 4.82. The largest absolute Gasteiger partial charge is 0.493 e. The molecular weight excluding hydrogens is 328 g/mol. The molecule has 0 unspecified atom stereocenters. The first-order valence-electron chi connectivity index (χ1n) is 7.61. The van der Waals surface area contributed by atoms with E-state index in [4.69, 9.17) is 4.74 Å². The third kappa shape index (κ3) is 3.58. The molecule has 3 N–H and O–H groups in total. The van der Waals surface area contributed by atoms with Crippen LogP contribution in [0.25, 0.3) is 0 Å². The number of fused-ring (bicyclic) bond motifs is 1. The summed E-state index contributed by atoms with van der Waals surface area (Å²) in [5, 5.41) is 17.8. The van der Waals surface area contributed by atoms with Gasteiger partial charge in [0.1, 0.15) is 11.4 Å². The minimum Gasteiger partial charge on any atom is -0.493 e. The SMILES string of the molecule is O=C(NCc1cccs1)C(=O)NC[C@]1(O)CCOc2ccccc21. The second-order valence-electron chi connectivity index (χ2n) is 5.57. The maximum atomic E-state index is 11.9. The number of hydrogen-bond acceptors (Lipinski definition) is 5. The molecule has 1 aromatic carbocycles. The van der Waals surface area contributed by atoms with Gasteiger partial charge in [-0.05, 0) is 17.5 Å². The van der Waals surface area contributed by atoms with Crippen LogP contribution in [0.4, 0.5) is 0 Å². The van der Waals surface area contributed by atoms with E-state index in [2.05, 4.69) is 10.6 Å². The van der Waals surface area contributed by atoms with Gasteiger partial charge in [-0.2, -0.15) is 0 Å². The predicted molar refractivity (Wildman–Crippen MR) is 89.6 cm³/mol. The van der Waals surface area contributed by atoms with Crippen LogP contribution < -0.4 is 15.4 Å². The van der Waals surface area contributed by atoms with Crippen molar-refractivity contribution in [3.8, 4) is 5.75 Å². The summed E-state index contributed by atoms with van der Waals surface area (Å²) < 4.78 is 5.50. The third-order valence-electron chi connectivity index (χ3n) is 3.91. The number of amides is 2. The number of rotatable bonds is 4. The molecule has 0 aliphatic carbocycles. The highest BCUT2D eigenvalue weighted by Crippen LogP contribution is 2.36. The van der Waals surface area contributed by atoms with Gasteiger partial charge in [0.05, 0.1) is 19.7 Å². The molecule has 2 amide bonds. The van der Waals surface area contributed by atoms with Crippen LogP contribution in [0.15, 0.2) is 41.8 Å². The van der Waals surface area contributed by atoms with E-state index < -0.39 is 17.4 Å². The maximum Gasteiger partial charge on any atom is 0.309 e. The Labute approximate surface area is 143 Å². The molecule has 0 saturated heterocycles. The molecule has 0 fully saturated rings. The first kappa shape index (κ1) is 16.5. The van der Waals surface area contributed by atoms with Gasteiger partial charge in [-0.1, -0.05) is 24.3 Å². The van der Waals surface area contributed by atoms with E-state index in [0.717, 1.165) is 4.88 Å². The van der Waals surface area contributed by atoms with E-state index in [1.165, 1.54) is 11.3 Å². The second-order valence-corrected chi connectivity index (χ2v) is 6.60. The number of aliphatic hydroxyl groups is 1. The van der Waals surface area contributed by atoms with E-state index >= 15 is 0 Å². The van der Waals surface area contributed by atoms with Crippen molar-refractivity contribution in [2.75, 3.05) is 13.2 Å². The molecule has 24 heavy (non-hydrogen) atoms. The molecule has 1 aliphatic rings. The van der Waals surface area contributed by atoms with Crippen molar-refractivity contribution in [1.82, 2.24) is 10.6 Å². The molecule has 0 bridgehead atoms. The lowest BCUT2D eigenvalue weighted by Gasteiger charge is -2.34. The standard InChI is InChI=1S/C17H18N2O4S/c20-15(18-10-12-4-3-9-24-12)16(21)19-11-17(22)7-8-23-14-6-2-1-5-13(14)17/h1-6,9,22H,7-8,10-11H2,(H,18,20)(H,19,21)/t17-/m1/s1. The summed E-state index contributed by atoms with van der Waals surface area (Å²) in [6, 6.07) is 10.9. The van der Waals surface area contributed by atoms with Gasteiger partial charge in [0.15, 0.2) is 0 Å². The lowest BCUT2D eigenvalue weighted by atomic mass is 9.88. The fourth-order valence-electron chi connectivity index (χ4n) is 2.59. The van der Waals surface area contributed by atoms with Crippen molar-refractivity contribution in [2.24, 2.45) is 0 Å². The van der Waals surface area contributed by atoms with Gasteiger partial charge in [0.25, 0.3) is 0 Å². The van der Waals surface area contributed by atoms with E-state index in [1.54, 1.807) is 18.2 Å². The molecular formula is C17H18N2O4S. The number of nitrogens with one attached hydrogen (secondary N) is 2. The molecule has 1 aromatic heterocycles. The van der Waals surface area contributed by atoms with Gasteiger partial charge in [-0.15, -0.1) is 11.3 Å². The molecule has 2 heterocycles. The van der Waals surface area contributed by atoms with Crippen LogP contribution in [0.5, 0.6) is 5.75 Å². The molecule has 6 nitrogen and oxygen atoms in total. The summed E-state index contributed by atoms with van der Waals surface area (Å²) in [6.07, 6.45) is 0.348. The summed E-state index contributed by atoms with van der Waals surface area (Å²) >= 11 is 1.50. The average molecular weight is 346 g/mol. The van der Waals surface area contributed by atoms with Crippen LogP contribution in [0.3, 0.4) is 0 Å². The van der Waals surface area contributed by atoms with Crippen molar-refractivity contribution in [3.05, 3.63) is 52.2 Å². The highest BCUT2D eigenvalue weighted by molar-refractivity contribution is 7.09. The molecule has 0 saturated carbocycles. The summed E-state index contributed by atoms with van der Waals surface area (Å²) in [5.74, 6) is -0.876. The average Bonchev–Trinajstić information content (AvgIpc) is 3.11. The Morgan fingerprint density at radius 2 is 1.96 bits per heavy atom. The fourth-order valence-corrected chi connectivity index (χ4v) is 3.24. The van der Waals surface area contributed by atoms with Gasteiger partial charge in [0, 0.05) is 16.9 Å². The van der Waals surface area contributed by atoms with E-state index in [0.29, 0.717) is 30.9 Å².